The van der Waals surface area contributed by atoms with E-state index in [9.17, 15) is 9.59 Å². The Kier molecular flexibility index (Phi) is 10.9. The second-order valence-corrected chi connectivity index (χ2v) is 10.5. The number of carbonyl (C=O) groups excluding carboxylic acids is 2. The molecule has 0 N–H and O–H groups in total. The minimum Gasteiger partial charge on any atom is -0.497 e. The summed E-state index contributed by atoms with van der Waals surface area (Å²) in [5.74, 6) is 0.515. The smallest absolute Gasteiger partial charge is 0.247 e. The van der Waals surface area contributed by atoms with Crippen molar-refractivity contribution in [1.82, 2.24) is 14.4 Å². The molecular weight excluding hydrogens is 490 g/mol. The summed E-state index contributed by atoms with van der Waals surface area (Å²) in [6.07, 6.45) is 5.99. The number of hydrogen-bond donors (Lipinski definition) is 0. The number of aromatic nitrogens is 1. The van der Waals surface area contributed by atoms with Gasteiger partial charge in [-0.15, -0.1) is 0 Å². The molecule has 0 aliphatic heterocycles. The third kappa shape index (κ3) is 9.14. The van der Waals surface area contributed by atoms with Gasteiger partial charge in [0.1, 0.15) is 12.3 Å². The lowest BCUT2D eigenvalue weighted by atomic mass is 10.1. The number of nitrogens with zero attached hydrogens (tertiary/aromatic N) is 3. The van der Waals surface area contributed by atoms with Crippen LogP contribution in [0.2, 0.25) is 0 Å². The molecule has 1 heterocycles. The molecule has 0 bridgehead atoms. The van der Waals surface area contributed by atoms with Crippen molar-refractivity contribution >= 4 is 17.9 Å². The SMILES string of the molecule is COCCCN(CC(=O)N(Cc1cccn1Cc1cccc(OC)c1)C(C)(C)C)C(=O)/C=C/c1ccccc1. The summed E-state index contributed by atoms with van der Waals surface area (Å²) in [7, 11) is 3.29. The van der Waals surface area contributed by atoms with Crippen LogP contribution in [0.1, 0.15) is 44.0 Å². The van der Waals surface area contributed by atoms with E-state index in [4.69, 9.17) is 9.47 Å². The Morgan fingerprint density at radius 2 is 1.74 bits per heavy atom. The van der Waals surface area contributed by atoms with E-state index in [1.807, 2.05) is 92.5 Å². The molecule has 0 unspecified atom stereocenters. The van der Waals surface area contributed by atoms with Gasteiger partial charge >= 0.3 is 0 Å². The maximum atomic E-state index is 13.7. The van der Waals surface area contributed by atoms with Crippen LogP contribution in [-0.2, 0) is 27.4 Å². The zero-order valence-electron chi connectivity index (χ0n) is 23.8. The van der Waals surface area contributed by atoms with E-state index in [-0.39, 0.29) is 18.4 Å². The molecule has 2 aromatic carbocycles. The average Bonchev–Trinajstić information content (AvgIpc) is 3.36. The van der Waals surface area contributed by atoms with E-state index in [0.29, 0.717) is 32.7 Å². The fourth-order valence-electron chi connectivity index (χ4n) is 4.33. The Labute approximate surface area is 232 Å². The first-order valence-corrected chi connectivity index (χ1v) is 13.3. The van der Waals surface area contributed by atoms with Crippen LogP contribution >= 0.6 is 0 Å². The highest BCUT2D eigenvalue weighted by Gasteiger charge is 2.29. The van der Waals surface area contributed by atoms with E-state index >= 15 is 0 Å². The molecule has 2 amide bonds. The number of rotatable bonds is 13. The Bertz CT molecular complexity index is 1230. The van der Waals surface area contributed by atoms with Gasteiger partial charge in [0.2, 0.25) is 11.8 Å². The van der Waals surface area contributed by atoms with Crippen molar-refractivity contribution in [3.63, 3.8) is 0 Å². The molecule has 7 heteroatoms. The lowest BCUT2D eigenvalue weighted by molar-refractivity contribution is -0.142. The van der Waals surface area contributed by atoms with Crippen molar-refractivity contribution in [2.45, 2.75) is 45.8 Å². The van der Waals surface area contributed by atoms with Gasteiger partial charge in [-0.3, -0.25) is 9.59 Å². The Hall–Kier alpha value is -3.84. The topological polar surface area (TPSA) is 64.0 Å². The molecule has 0 aliphatic carbocycles. The molecule has 3 rings (SSSR count). The number of methoxy groups -OCH3 is 2. The van der Waals surface area contributed by atoms with Crippen LogP contribution in [0, 0.1) is 0 Å². The average molecular weight is 532 g/mol. The summed E-state index contributed by atoms with van der Waals surface area (Å²) < 4.78 is 12.7. The molecule has 7 nitrogen and oxygen atoms in total. The van der Waals surface area contributed by atoms with Gasteiger partial charge < -0.3 is 23.8 Å². The molecule has 0 aliphatic rings. The van der Waals surface area contributed by atoms with Gasteiger partial charge in [-0.25, -0.2) is 0 Å². The third-order valence-electron chi connectivity index (χ3n) is 6.47. The van der Waals surface area contributed by atoms with E-state index in [0.717, 1.165) is 22.6 Å². The molecule has 0 spiro atoms. The van der Waals surface area contributed by atoms with Crippen LogP contribution in [0.4, 0.5) is 0 Å². The first-order valence-electron chi connectivity index (χ1n) is 13.3. The molecule has 0 saturated carbocycles. The molecule has 0 fully saturated rings. The summed E-state index contributed by atoms with van der Waals surface area (Å²) in [6, 6.07) is 21.7. The summed E-state index contributed by atoms with van der Waals surface area (Å²) >= 11 is 0. The second kappa shape index (κ2) is 14.4. The number of carbonyl (C=O) groups is 2. The normalized spacial score (nSPS) is 11.5. The van der Waals surface area contributed by atoms with Gasteiger partial charge in [0.25, 0.3) is 0 Å². The number of benzene rings is 2. The highest BCUT2D eigenvalue weighted by Crippen LogP contribution is 2.21. The van der Waals surface area contributed by atoms with Crippen LogP contribution in [0.5, 0.6) is 5.75 Å². The largest absolute Gasteiger partial charge is 0.497 e. The Morgan fingerprint density at radius 3 is 2.44 bits per heavy atom. The standard InChI is InChI=1S/C32H41N3O4/c1-32(2,3)35(24-28-15-10-19-33(28)23-27-14-9-16-29(22-27)39-5)31(37)25-34(20-11-21-38-4)30(36)18-17-26-12-7-6-8-13-26/h6-10,12-19,22H,11,20-21,23-25H2,1-5H3/b18-17+. The van der Waals surface area contributed by atoms with Crippen LogP contribution in [0.25, 0.3) is 6.08 Å². The predicted octanol–water partition coefficient (Wildman–Crippen LogP) is 5.25. The van der Waals surface area contributed by atoms with Gasteiger partial charge in [0.15, 0.2) is 0 Å². The predicted molar refractivity (Wildman–Crippen MR) is 155 cm³/mol. The molecule has 0 radical (unpaired) electrons. The van der Waals surface area contributed by atoms with Crippen molar-refractivity contribution in [1.29, 1.82) is 0 Å². The fraction of sp³-hybridized carbons (Fsp3) is 0.375. The monoisotopic (exact) mass is 531 g/mol. The number of ether oxygens (including phenoxy) is 2. The van der Waals surface area contributed by atoms with Crippen molar-refractivity contribution in [2.75, 3.05) is 33.9 Å². The van der Waals surface area contributed by atoms with Crippen LogP contribution in [0.3, 0.4) is 0 Å². The van der Waals surface area contributed by atoms with Crippen molar-refractivity contribution in [3.05, 3.63) is 95.8 Å². The van der Waals surface area contributed by atoms with E-state index in [1.54, 1.807) is 25.2 Å². The fourth-order valence-corrected chi connectivity index (χ4v) is 4.33. The summed E-state index contributed by atoms with van der Waals surface area (Å²) in [6.45, 7) is 8.10. The lowest BCUT2D eigenvalue weighted by Gasteiger charge is -2.37. The van der Waals surface area contributed by atoms with Crippen molar-refractivity contribution in [3.8, 4) is 5.75 Å². The maximum Gasteiger partial charge on any atom is 0.247 e. The van der Waals surface area contributed by atoms with Gasteiger partial charge in [0, 0.05) is 50.3 Å². The van der Waals surface area contributed by atoms with Crippen LogP contribution in [-0.4, -0.2) is 65.6 Å². The highest BCUT2D eigenvalue weighted by molar-refractivity contribution is 5.94. The number of amides is 2. The molecule has 3 aromatic rings. The van der Waals surface area contributed by atoms with E-state index < -0.39 is 5.54 Å². The summed E-state index contributed by atoms with van der Waals surface area (Å²) in [5, 5.41) is 0. The Morgan fingerprint density at radius 1 is 0.974 bits per heavy atom. The molecular formula is C32H41N3O4. The Balaban J connectivity index is 1.77. The van der Waals surface area contributed by atoms with Crippen LogP contribution in [0.15, 0.2) is 79.0 Å². The molecule has 0 saturated heterocycles. The maximum absolute atomic E-state index is 13.7. The van der Waals surface area contributed by atoms with Gasteiger partial charge in [0.05, 0.1) is 13.7 Å². The third-order valence-corrected chi connectivity index (χ3v) is 6.47. The summed E-state index contributed by atoms with van der Waals surface area (Å²) in [5.41, 5.74) is 2.62. The van der Waals surface area contributed by atoms with Gasteiger partial charge in [-0.1, -0.05) is 42.5 Å². The van der Waals surface area contributed by atoms with E-state index in [1.165, 1.54) is 6.08 Å². The van der Waals surface area contributed by atoms with Crippen molar-refractivity contribution < 1.29 is 19.1 Å². The highest BCUT2D eigenvalue weighted by atomic mass is 16.5. The number of hydrogen-bond acceptors (Lipinski definition) is 4. The second-order valence-electron chi connectivity index (χ2n) is 10.5. The first-order chi connectivity index (χ1) is 18.7. The van der Waals surface area contributed by atoms with Gasteiger partial charge in [-0.05, 0) is 68.7 Å². The zero-order valence-corrected chi connectivity index (χ0v) is 23.8. The first kappa shape index (κ1) is 29.7. The van der Waals surface area contributed by atoms with Crippen LogP contribution < -0.4 is 4.74 Å². The van der Waals surface area contributed by atoms with Gasteiger partial charge in [-0.2, -0.15) is 0 Å². The molecule has 39 heavy (non-hydrogen) atoms. The molecule has 208 valence electrons. The van der Waals surface area contributed by atoms with Crippen molar-refractivity contribution in [2.24, 2.45) is 0 Å². The van der Waals surface area contributed by atoms with E-state index in [2.05, 4.69) is 10.6 Å². The molecule has 1 aromatic heterocycles. The minimum absolute atomic E-state index is 0.00442. The minimum atomic E-state index is -0.441. The zero-order chi connectivity index (χ0) is 28.3. The summed E-state index contributed by atoms with van der Waals surface area (Å²) in [4.78, 5) is 30.4. The molecule has 0 atom stereocenters. The lowest BCUT2D eigenvalue weighted by Crippen LogP contribution is -2.50. The quantitative estimate of drug-likeness (QED) is 0.223.